The molecule has 0 spiro atoms. The predicted molar refractivity (Wildman–Crippen MR) is 58.1 cm³/mol. The van der Waals surface area contributed by atoms with Gasteiger partial charge in [-0.1, -0.05) is 6.92 Å². The van der Waals surface area contributed by atoms with Gasteiger partial charge >= 0.3 is 0 Å². The fourth-order valence-corrected chi connectivity index (χ4v) is 3.88. The van der Waals surface area contributed by atoms with Crippen molar-refractivity contribution in [1.82, 2.24) is 8.96 Å². The van der Waals surface area contributed by atoms with Crippen LogP contribution in [0.25, 0.3) is 0 Å². The maximum absolute atomic E-state index is 9.39. The molecule has 14 heavy (non-hydrogen) atoms. The number of imidazole rings is 1. The maximum atomic E-state index is 9.39. The van der Waals surface area contributed by atoms with E-state index in [2.05, 4.69) is 16.9 Å². The van der Waals surface area contributed by atoms with E-state index < -0.39 is 11.1 Å². The van der Waals surface area contributed by atoms with Gasteiger partial charge in [-0.2, -0.15) is 0 Å². The van der Waals surface area contributed by atoms with Crippen molar-refractivity contribution in [3.8, 4) is 0 Å². The van der Waals surface area contributed by atoms with Crippen LogP contribution in [0.4, 0.5) is 5.82 Å². The van der Waals surface area contributed by atoms with Crippen LogP contribution in [0.2, 0.25) is 0 Å². The summed E-state index contributed by atoms with van der Waals surface area (Å²) in [6.45, 7) is 2.23. The maximum Gasteiger partial charge on any atom is 0.162 e. The molecule has 2 aliphatic rings. The first-order valence-electron chi connectivity index (χ1n) is 4.75. The first kappa shape index (κ1) is 8.49. The van der Waals surface area contributed by atoms with Crippen LogP contribution in [0.3, 0.4) is 0 Å². The van der Waals surface area contributed by atoms with Crippen LogP contribution < -0.4 is 0 Å². The summed E-state index contributed by atoms with van der Waals surface area (Å²) in [5, 5.41) is 10.6. The van der Waals surface area contributed by atoms with Crippen LogP contribution in [0.5, 0.6) is 0 Å². The van der Waals surface area contributed by atoms with Gasteiger partial charge in [0.05, 0.1) is 17.2 Å². The lowest BCUT2D eigenvalue weighted by Gasteiger charge is -2.20. The molecular formula is C9H13N3OS. The van der Waals surface area contributed by atoms with Crippen molar-refractivity contribution in [2.75, 3.05) is 5.94 Å². The third-order valence-electron chi connectivity index (χ3n) is 3.00. The number of aromatic nitrogens is 2. The molecule has 0 bridgehead atoms. The molecule has 1 aromatic rings. The number of hydrogen-bond donors (Lipinski definition) is 2. The Morgan fingerprint density at radius 1 is 1.64 bits per heavy atom. The average molecular weight is 211 g/mol. The van der Waals surface area contributed by atoms with Gasteiger partial charge in [-0.3, -0.25) is 3.97 Å². The number of aliphatic imine (C=N–C) groups is 1. The van der Waals surface area contributed by atoms with E-state index in [0.717, 1.165) is 5.82 Å². The Labute approximate surface area is 85.2 Å². The number of aliphatic hydroxyl groups excluding tert-OH is 1. The van der Waals surface area contributed by atoms with Crippen LogP contribution >= 0.6 is 11.1 Å². The van der Waals surface area contributed by atoms with Gasteiger partial charge in [-0.15, -0.1) is 11.1 Å². The molecule has 1 aliphatic heterocycles. The lowest BCUT2D eigenvalue weighted by atomic mass is 10.2. The van der Waals surface area contributed by atoms with Crippen molar-refractivity contribution in [3.63, 3.8) is 0 Å². The molecule has 0 saturated heterocycles. The molecule has 4 nitrogen and oxygen atoms in total. The molecule has 1 saturated carbocycles. The second-order valence-electron chi connectivity index (χ2n) is 4.13. The number of fused-ring (bicyclic) bond motifs is 1. The van der Waals surface area contributed by atoms with Crippen LogP contribution in [0.15, 0.2) is 17.5 Å². The summed E-state index contributed by atoms with van der Waals surface area (Å²) in [6, 6.07) is 0. The van der Waals surface area contributed by atoms with Crippen molar-refractivity contribution < 1.29 is 5.11 Å². The Morgan fingerprint density at radius 2 is 2.43 bits per heavy atom. The van der Waals surface area contributed by atoms with E-state index in [1.54, 1.807) is 12.5 Å². The second kappa shape index (κ2) is 2.61. The summed E-state index contributed by atoms with van der Waals surface area (Å²) in [7, 11) is 0. The molecule has 0 radical (unpaired) electrons. The van der Waals surface area contributed by atoms with Crippen molar-refractivity contribution in [2.24, 2.45) is 10.4 Å². The van der Waals surface area contributed by atoms with Crippen LogP contribution in [0, 0.1) is 5.41 Å². The van der Waals surface area contributed by atoms with Gasteiger partial charge in [0.1, 0.15) is 6.33 Å². The molecule has 2 heterocycles. The zero-order valence-corrected chi connectivity index (χ0v) is 8.91. The number of aliphatic hydroxyl groups is 1. The van der Waals surface area contributed by atoms with Crippen molar-refractivity contribution in [3.05, 3.63) is 12.5 Å². The van der Waals surface area contributed by atoms with E-state index in [9.17, 15) is 5.11 Å². The van der Waals surface area contributed by atoms with E-state index in [4.69, 9.17) is 0 Å². The Balaban J connectivity index is 2.05. The second-order valence-corrected chi connectivity index (χ2v) is 6.07. The lowest BCUT2D eigenvalue weighted by Crippen LogP contribution is -2.14. The standard InChI is InChI=1S/C9H13N3OS/c1-9(2-3-9)8-11-7-4-10-5-12(7)14(8)6-13/h4-5,13-14H,2-3,6H2,1H3. The highest BCUT2D eigenvalue weighted by Crippen LogP contribution is 2.57. The summed E-state index contributed by atoms with van der Waals surface area (Å²) in [5.41, 5.74) is 0.271. The molecule has 1 unspecified atom stereocenters. The zero-order chi connectivity index (χ0) is 9.76. The largest absolute Gasteiger partial charge is 0.385 e. The molecular weight excluding hydrogens is 198 g/mol. The summed E-state index contributed by atoms with van der Waals surface area (Å²) < 4.78 is 2.02. The molecule has 0 amide bonds. The highest BCUT2D eigenvalue weighted by molar-refractivity contribution is 8.29. The van der Waals surface area contributed by atoms with Crippen LogP contribution in [-0.4, -0.2) is 25.0 Å². The smallest absolute Gasteiger partial charge is 0.162 e. The molecule has 5 heteroatoms. The molecule has 1 atom stereocenters. The van der Waals surface area contributed by atoms with Gasteiger partial charge in [0.2, 0.25) is 0 Å². The monoisotopic (exact) mass is 211 g/mol. The number of rotatable bonds is 2. The SMILES string of the molecule is CC1(C2=Nc3cncn3[SH]2CO)CC1. The van der Waals surface area contributed by atoms with Gasteiger partial charge in [0.25, 0.3) is 0 Å². The van der Waals surface area contributed by atoms with E-state index in [1.165, 1.54) is 17.9 Å². The average Bonchev–Trinajstić information content (AvgIpc) is 2.65. The lowest BCUT2D eigenvalue weighted by molar-refractivity contribution is 0.373. The first-order chi connectivity index (χ1) is 6.74. The quantitative estimate of drug-likeness (QED) is 0.727. The number of thiol groups is 1. The predicted octanol–water partition coefficient (Wildman–Crippen LogP) is 1.44. The van der Waals surface area contributed by atoms with Gasteiger partial charge in [-0.05, 0) is 12.8 Å². The van der Waals surface area contributed by atoms with Crippen molar-refractivity contribution in [1.29, 1.82) is 0 Å². The van der Waals surface area contributed by atoms with E-state index >= 15 is 0 Å². The fourth-order valence-electron chi connectivity index (χ4n) is 1.81. The van der Waals surface area contributed by atoms with E-state index in [0.29, 0.717) is 0 Å². The van der Waals surface area contributed by atoms with Gasteiger partial charge < -0.3 is 5.11 Å². The summed E-state index contributed by atoms with van der Waals surface area (Å²) in [5.74, 6) is 1.10. The van der Waals surface area contributed by atoms with Gasteiger partial charge in [0, 0.05) is 5.41 Å². The summed E-state index contributed by atoms with van der Waals surface area (Å²) in [6.07, 6.45) is 5.97. The highest BCUT2D eigenvalue weighted by atomic mass is 32.2. The topological polar surface area (TPSA) is 50.4 Å². The zero-order valence-electron chi connectivity index (χ0n) is 8.01. The molecule has 0 aromatic carbocycles. The molecule has 1 N–H and O–H groups in total. The number of nitrogens with zero attached hydrogens (tertiary/aromatic N) is 3. The van der Waals surface area contributed by atoms with Crippen molar-refractivity contribution >= 4 is 21.9 Å². The van der Waals surface area contributed by atoms with Crippen LogP contribution in [-0.2, 0) is 0 Å². The molecule has 1 fully saturated rings. The Morgan fingerprint density at radius 3 is 3.07 bits per heavy atom. The third kappa shape index (κ3) is 0.994. The third-order valence-corrected chi connectivity index (χ3v) is 5.22. The molecule has 1 aliphatic carbocycles. The van der Waals surface area contributed by atoms with Gasteiger partial charge in [0.15, 0.2) is 5.82 Å². The van der Waals surface area contributed by atoms with Crippen LogP contribution in [0.1, 0.15) is 19.8 Å². The molecule has 76 valence electrons. The molecule has 3 rings (SSSR count). The Kier molecular flexibility index (Phi) is 1.58. The normalized spacial score (nSPS) is 29.9. The first-order valence-corrected chi connectivity index (χ1v) is 6.23. The molecule has 1 aromatic heterocycles. The highest BCUT2D eigenvalue weighted by Gasteiger charge is 2.47. The minimum absolute atomic E-state index is 0.188. The summed E-state index contributed by atoms with van der Waals surface area (Å²) in [4.78, 5) is 8.62. The Hall–Kier alpha value is -0.810. The van der Waals surface area contributed by atoms with E-state index in [1.807, 2.05) is 3.97 Å². The Bertz CT molecular complexity index is 408. The fraction of sp³-hybridized carbons (Fsp3) is 0.556. The van der Waals surface area contributed by atoms with Gasteiger partial charge in [-0.25, -0.2) is 9.98 Å². The minimum atomic E-state index is -0.651. The van der Waals surface area contributed by atoms with E-state index in [-0.39, 0.29) is 11.4 Å². The van der Waals surface area contributed by atoms with Crippen molar-refractivity contribution in [2.45, 2.75) is 19.8 Å². The summed E-state index contributed by atoms with van der Waals surface area (Å²) >= 11 is -0.651. The minimum Gasteiger partial charge on any atom is -0.385 e. The number of hydrogen-bond acceptors (Lipinski definition) is 3.